The number of halogens is 3. The van der Waals surface area contributed by atoms with Gasteiger partial charge in [0.1, 0.15) is 5.75 Å². The van der Waals surface area contributed by atoms with E-state index in [0.29, 0.717) is 28.3 Å². The molecular weight excluding hydrogens is 391 g/mol. The lowest BCUT2D eigenvalue weighted by atomic mass is 10.1. The van der Waals surface area contributed by atoms with Crippen LogP contribution >= 0.6 is 0 Å². The molecule has 0 saturated heterocycles. The van der Waals surface area contributed by atoms with Gasteiger partial charge < -0.3 is 4.74 Å². The van der Waals surface area contributed by atoms with Gasteiger partial charge in [0.15, 0.2) is 5.69 Å². The molecule has 0 atom stereocenters. The van der Waals surface area contributed by atoms with E-state index in [1.165, 1.54) is 11.8 Å². The minimum atomic E-state index is -4.60. The number of benzene rings is 2. The van der Waals surface area contributed by atoms with Crippen molar-refractivity contribution in [3.63, 3.8) is 0 Å². The SMILES string of the molecule is COc1cccc(-c2cc(C(F)(F)F)nn2-c2ccc(C)c(N=S=O)c2C)c1. The van der Waals surface area contributed by atoms with Gasteiger partial charge in [0.05, 0.1) is 24.2 Å². The van der Waals surface area contributed by atoms with Crippen molar-refractivity contribution >= 4 is 17.2 Å². The molecule has 5 nitrogen and oxygen atoms in total. The number of nitrogens with zero attached hydrogens (tertiary/aromatic N) is 3. The van der Waals surface area contributed by atoms with Crippen molar-refractivity contribution in [3.8, 4) is 22.7 Å². The van der Waals surface area contributed by atoms with Crippen molar-refractivity contribution in [2.45, 2.75) is 20.0 Å². The third-order valence-electron chi connectivity index (χ3n) is 4.33. The van der Waals surface area contributed by atoms with E-state index >= 15 is 0 Å². The van der Waals surface area contributed by atoms with Crippen molar-refractivity contribution in [2.24, 2.45) is 4.36 Å². The van der Waals surface area contributed by atoms with Crippen LogP contribution in [0.15, 0.2) is 46.8 Å². The predicted molar refractivity (Wildman–Crippen MR) is 100 cm³/mol. The van der Waals surface area contributed by atoms with E-state index in [1.807, 2.05) is 0 Å². The number of alkyl halides is 3. The van der Waals surface area contributed by atoms with Crippen LogP contribution in [0.3, 0.4) is 0 Å². The van der Waals surface area contributed by atoms with Gasteiger partial charge in [-0.05, 0) is 43.7 Å². The largest absolute Gasteiger partial charge is 0.497 e. The maximum atomic E-state index is 13.4. The number of hydrogen-bond donors (Lipinski definition) is 0. The van der Waals surface area contributed by atoms with Gasteiger partial charge >= 0.3 is 6.18 Å². The van der Waals surface area contributed by atoms with Gasteiger partial charge in [-0.1, -0.05) is 18.2 Å². The molecular formula is C19H16F3N3O2S. The van der Waals surface area contributed by atoms with E-state index in [2.05, 4.69) is 9.46 Å². The Labute approximate surface area is 163 Å². The van der Waals surface area contributed by atoms with Crippen LogP contribution < -0.4 is 4.74 Å². The van der Waals surface area contributed by atoms with E-state index in [4.69, 9.17) is 4.74 Å². The number of hydrogen-bond acceptors (Lipinski definition) is 4. The van der Waals surface area contributed by atoms with Gasteiger partial charge in [0.25, 0.3) is 0 Å². The molecule has 3 aromatic rings. The highest BCUT2D eigenvalue weighted by Gasteiger charge is 2.35. The second-order valence-corrected chi connectivity index (χ2v) is 6.43. The monoisotopic (exact) mass is 407 g/mol. The molecule has 0 N–H and O–H groups in total. The molecule has 9 heteroatoms. The molecule has 0 spiro atoms. The summed E-state index contributed by atoms with van der Waals surface area (Å²) in [6, 6.07) is 11.1. The molecule has 0 saturated carbocycles. The van der Waals surface area contributed by atoms with Crippen LogP contribution in [0.25, 0.3) is 16.9 Å². The summed E-state index contributed by atoms with van der Waals surface area (Å²) in [6.45, 7) is 3.47. The molecule has 2 aromatic carbocycles. The molecule has 1 heterocycles. The Hall–Kier alpha value is -2.94. The maximum Gasteiger partial charge on any atom is 0.435 e. The molecule has 1 aromatic heterocycles. The Balaban J connectivity index is 2.30. The summed E-state index contributed by atoms with van der Waals surface area (Å²) in [5.74, 6) is 0.512. The predicted octanol–water partition coefficient (Wildman–Crippen LogP) is 5.21. The van der Waals surface area contributed by atoms with Gasteiger partial charge in [-0.25, -0.2) is 4.68 Å². The van der Waals surface area contributed by atoms with E-state index in [-0.39, 0.29) is 17.2 Å². The molecule has 0 aliphatic heterocycles. The zero-order valence-electron chi connectivity index (χ0n) is 15.2. The van der Waals surface area contributed by atoms with Crippen LogP contribution in [0.1, 0.15) is 16.8 Å². The fourth-order valence-corrected chi connectivity index (χ4v) is 3.28. The summed E-state index contributed by atoms with van der Waals surface area (Å²) in [5, 5.41) is 3.80. The minimum absolute atomic E-state index is 0.0507. The Morgan fingerprint density at radius 3 is 2.54 bits per heavy atom. The zero-order chi connectivity index (χ0) is 20.5. The fraction of sp³-hybridized carbons (Fsp3) is 0.211. The van der Waals surface area contributed by atoms with E-state index in [1.54, 1.807) is 50.2 Å². The molecule has 146 valence electrons. The normalized spacial score (nSPS) is 11.4. The fourth-order valence-electron chi connectivity index (χ4n) is 2.92. The average Bonchev–Trinajstić information content (AvgIpc) is 3.11. The van der Waals surface area contributed by atoms with Crippen LogP contribution in [0.4, 0.5) is 18.9 Å². The molecule has 0 bridgehead atoms. The highest BCUT2D eigenvalue weighted by Crippen LogP contribution is 2.36. The minimum Gasteiger partial charge on any atom is -0.497 e. The number of rotatable bonds is 4. The van der Waals surface area contributed by atoms with Gasteiger partial charge in [-0.2, -0.15) is 26.8 Å². The smallest absolute Gasteiger partial charge is 0.435 e. The Morgan fingerprint density at radius 1 is 1.14 bits per heavy atom. The van der Waals surface area contributed by atoms with Gasteiger partial charge in [-0.15, -0.1) is 0 Å². The zero-order valence-corrected chi connectivity index (χ0v) is 16.1. The van der Waals surface area contributed by atoms with Crippen molar-refractivity contribution in [1.29, 1.82) is 0 Å². The highest BCUT2D eigenvalue weighted by molar-refractivity contribution is 7.54. The summed E-state index contributed by atoms with van der Waals surface area (Å²) in [7, 11) is 1.48. The van der Waals surface area contributed by atoms with Crippen LogP contribution in [-0.2, 0) is 17.6 Å². The molecule has 3 rings (SSSR count). The second-order valence-electron chi connectivity index (χ2n) is 6.10. The van der Waals surface area contributed by atoms with Crippen LogP contribution in [0, 0.1) is 13.8 Å². The summed E-state index contributed by atoms with van der Waals surface area (Å²) in [4.78, 5) is 0. The third kappa shape index (κ3) is 3.70. The lowest BCUT2D eigenvalue weighted by Crippen LogP contribution is -2.08. The molecule has 0 fully saturated rings. The lowest BCUT2D eigenvalue weighted by molar-refractivity contribution is -0.141. The summed E-state index contributed by atoms with van der Waals surface area (Å²) < 4.78 is 61.2. The molecule has 0 unspecified atom stereocenters. The van der Waals surface area contributed by atoms with Crippen LogP contribution in [0.2, 0.25) is 0 Å². The molecule has 0 amide bonds. The molecule has 0 radical (unpaired) electrons. The van der Waals surface area contributed by atoms with Gasteiger partial charge in [0.2, 0.25) is 11.5 Å². The Kier molecular flexibility index (Phi) is 5.37. The molecule has 28 heavy (non-hydrogen) atoms. The molecule has 0 aliphatic rings. The number of methoxy groups -OCH3 is 1. The quantitative estimate of drug-likeness (QED) is 0.596. The third-order valence-corrected chi connectivity index (χ3v) is 4.58. The first-order chi connectivity index (χ1) is 13.3. The summed E-state index contributed by atoms with van der Waals surface area (Å²) in [6.07, 6.45) is -4.60. The Bertz CT molecular complexity index is 1090. The summed E-state index contributed by atoms with van der Waals surface area (Å²) >= 11 is 0.0507. The van der Waals surface area contributed by atoms with E-state index in [0.717, 1.165) is 11.6 Å². The lowest BCUT2D eigenvalue weighted by Gasteiger charge is -2.13. The average molecular weight is 407 g/mol. The van der Waals surface area contributed by atoms with Crippen molar-refractivity contribution in [2.75, 3.05) is 7.11 Å². The van der Waals surface area contributed by atoms with Crippen molar-refractivity contribution in [3.05, 3.63) is 59.3 Å². The van der Waals surface area contributed by atoms with E-state index in [9.17, 15) is 17.4 Å². The highest BCUT2D eigenvalue weighted by atomic mass is 32.1. The number of aryl methyl sites for hydroxylation is 1. The number of ether oxygens (including phenoxy) is 1. The van der Waals surface area contributed by atoms with Crippen LogP contribution in [-0.4, -0.2) is 21.1 Å². The number of aromatic nitrogens is 2. The van der Waals surface area contributed by atoms with Crippen LogP contribution in [0.5, 0.6) is 5.75 Å². The van der Waals surface area contributed by atoms with Crippen molar-refractivity contribution in [1.82, 2.24) is 9.78 Å². The topological polar surface area (TPSA) is 56.5 Å². The first-order valence-corrected chi connectivity index (χ1v) is 8.88. The first-order valence-electron chi connectivity index (χ1n) is 8.18. The van der Waals surface area contributed by atoms with Crippen molar-refractivity contribution < 1.29 is 22.1 Å². The van der Waals surface area contributed by atoms with E-state index < -0.39 is 11.9 Å². The maximum absolute atomic E-state index is 13.4. The second kappa shape index (κ2) is 7.59. The summed E-state index contributed by atoms with van der Waals surface area (Å²) in [5.41, 5.74) is 1.89. The standard InChI is InChI=1S/C19H16F3N3O2S/c1-11-7-8-15(12(2)18(11)24-28-26)25-16(10-17(23-25)19(20,21)22)13-5-4-6-14(9-13)27-3/h4-10H,1-3H3. The van der Waals surface area contributed by atoms with Gasteiger partial charge in [-0.3, -0.25) is 0 Å². The Morgan fingerprint density at radius 2 is 1.89 bits per heavy atom. The van der Waals surface area contributed by atoms with Gasteiger partial charge in [0, 0.05) is 11.1 Å². The molecule has 0 aliphatic carbocycles. The first kappa shape index (κ1) is 19.8.